The first-order valence-electron chi connectivity index (χ1n) is 8.04. The maximum Gasteiger partial charge on any atom is 0.261 e. The normalized spacial score (nSPS) is 11.5. The lowest BCUT2D eigenvalue weighted by Crippen LogP contribution is -2.48. The third-order valence-electron chi connectivity index (χ3n) is 3.86. The van der Waals surface area contributed by atoms with Crippen molar-refractivity contribution in [3.05, 3.63) is 64.1 Å². The van der Waals surface area contributed by atoms with Gasteiger partial charge < -0.3 is 15.0 Å². The van der Waals surface area contributed by atoms with E-state index in [4.69, 9.17) is 27.9 Å². The molecule has 0 aliphatic rings. The van der Waals surface area contributed by atoms with E-state index < -0.39 is 6.04 Å². The highest BCUT2D eigenvalue weighted by atomic mass is 35.5. The van der Waals surface area contributed by atoms with Gasteiger partial charge in [0.2, 0.25) is 5.91 Å². The molecule has 0 fully saturated rings. The van der Waals surface area contributed by atoms with Crippen LogP contribution in [0.1, 0.15) is 12.5 Å². The first-order valence-corrected chi connectivity index (χ1v) is 8.80. The minimum atomic E-state index is -0.642. The number of rotatable bonds is 7. The highest BCUT2D eigenvalue weighted by Gasteiger charge is 2.25. The lowest BCUT2D eigenvalue weighted by atomic mass is 10.1. The summed E-state index contributed by atoms with van der Waals surface area (Å²) in [6.45, 7) is 1.76. The molecule has 2 rings (SSSR count). The molecule has 0 heterocycles. The molecule has 0 spiro atoms. The van der Waals surface area contributed by atoms with E-state index in [-0.39, 0.29) is 25.0 Å². The van der Waals surface area contributed by atoms with Gasteiger partial charge in [0.05, 0.1) is 0 Å². The molecular formula is C19H20Cl2N2O3. The highest BCUT2D eigenvalue weighted by molar-refractivity contribution is 6.30. The Hall–Kier alpha value is -2.24. The molecule has 0 unspecified atom stereocenters. The number of carbonyl (C=O) groups excluding carboxylic acids is 2. The Balaban J connectivity index is 2.10. The number of ether oxygens (including phenoxy) is 1. The van der Waals surface area contributed by atoms with Gasteiger partial charge in [-0.15, -0.1) is 0 Å². The summed E-state index contributed by atoms with van der Waals surface area (Å²) >= 11 is 11.7. The molecule has 2 amide bonds. The molecule has 26 heavy (non-hydrogen) atoms. The quantitative estimate of drug-likeness (QED) is 0.780. The second-order valence-corrected chi connectivity index (χ2v) is 6.55. The molecule has 0 radical (unpaired) electrons. The molecule has 0 bridgehead atoms. The molecule has 138 valence electrons. The summed E-state index contributed by atoms with van der Waals surface area (Å²) < 4.78 is 5.52. The molecule has 0 aliphatic heterocycles. The van der Waals surface area contributed by atoms with Gasteiger partial charge in [-0.3, -0.25) is 9.59 Å². The average molecular weight is 395 g/mol. The zero-order chi connectivity index (χ0) is 19.1. The standard InChI is InChI=1S/C19H20Cl2N2O3/c1-13(19(25)22-2)23(11-14-3-5-15(20)6-4-14)18(24)12-26-17-9-7-16(21)8-10-17/h3-10,13H,11-12H2,1-2H3,(H,22,25)/t13-/m1/s1. The summed E-state index contributed by atoms with van der Waals surface area (Å²) in [5.74, 6) is -0.0217. The van der Waals surface area contributed by atoms with Gasteiger partial charge >= 0.3 is 0 Å². The fourth-order valence-corrected chi connectivity index (χ4v) is 2.59. The fraction of sp³-hybridized carbons (Fsp3) is 0.263. The van der Waals surface area contributed by atoms with E-state index in [0.29, 0.717) is 15.8 Å². The predicted molar refractivity (Wildman–Crippen MR) is 102 cm³/mol. The number of carbonyl (C=O) groups is 2. The van der Waals surface area contributed by atoms with Gasteiger partial charge in [0.15, 0.2) is 6.61 Å². The van der Waals surface area contributed by atoms with E-state index >= 15 is 0 Å². The number of hydrogen-bond donors (Lipinski definition) is 1. The van der Waals surface area contributed by atoms with Crippen LogP contribution in [0.3, 0.4) is 0 Å². The van der Waals surface area contributed by atoms with Crippen molar-refractivity contribution in [3.63, 3.8) is 0 Å². The second-order valence-electron chi connectivity index (χ2n) is 5.68. The van der Waals surface area contributed by atoms with E-state index in [0.717, 1.165) is 5.56 Å². The Morgan fingerprint density at radius 2 is 1.58 bits per heavy atom. The van der Waals surface area contributed by atoms with Crippen LogP contribution in [-0.2, 0) is 16.1 Å². The topological polar surface area (TPSA) is 58.6 Å². The van der Waals surface area contributed by atoms with Gasteiger partial charge in [-0.05, 0) is 48.9 Å². The summed E-state index contributed by atoms with van der Waals surface area (Å²) in [7, 11) is 1.54. The Labute approximate surface area is 162 Å². The molecule has 0 saturated carbocycles. The average Bonchev–Trinajstić information content (AvgIpc) is 2.65. The molecule has 5 nitrogen and oxygen atoms in total. The molecule has 0 saturated heterocycles. The lowest BCUT2D eigenvalue weighted by Gasteiger charge is -2.28. The lowest BCUT2D eigenvalue weighted by molar-refractivity contribution is -0.142. The maximum absolute atomic E-state index is 12.7. The third kappa shape index (κ3) is 5.64. The van der Waals surface area contributed by atoms with Gasteiger partial charge in [0.25, 0.3) is 5.91 Å². The fourth-order valence-electron chi connectivity index (χ4n) is 2.34. The van der Waals surface area contributed by atoms with Gasteiger partial charge in [-0.1, -0.05) is 35.3 Å². The van der Waals surface area contributed by atoms with Crippen molar-refractivity contribution < 1.29 is 14.3 Å². The molecule has 2 aromatic rings. The minimum Gasteiger partial charge on any atom is -0.484 e. The smallest absolute Gasteiger partial charge is 0.261 e. The largest absolute Gasteiger partial charge is 0.484 e. The summed E-state index contributed by atoms with van der Waals surface area (Å²) in [4.78, 5) is 26.2. The summed E-state index contributed by atoms with van der Waals surface area (Å²) in [6.07, 6.45) is 0. The van der Waals surface area contributed by atoms with Crippen LogP contribution >= 0.6 is 23.2 Å². The molecule has 7 heteroatoms. The monoisotopic (exact) mass is 394 g/mol. The van der Waals surface area contributed by atoms with E-state index in [2.05, 4.69) is 5.32 Å². The zero-order valence-electron chi connectivity index (χ0n) is 14.5. The van der Waals surface area contributed by atoms with E-state index in [1.54, 1.807) is 43.3 Å². The van der Waals surface area contributed by atoms with Gasteiger partial charge in [0.1, 0.15) is 11.8 Å². The van der Waals surface area contributed by atoms with Crippen LogP contribution in [0.5, 0.6) is 5.75 Å². The van der Waals surface area contributed by atoms with Crippen molar-refractivity contribution in [2.45, 2.75) is 19.5 Å². The van der Waals surface area contributed by atoms with Crippen LogP contribution in [0.2, 0.25) is 10.0 Å². The Morgan fingerprint density at radius 1 is 1.04 bits per heavy atom. The van der Waals surface area contributed by atoms with E-state index in [1.807, 2.05) is 12.1 Å². The Bertz CT molecular complexity index is 748. The second kappa shape index (κ2) is 9.46. The molecular weight excluding hydrogens is 375 g/mol. The molecule has 2 aromatic carbocycles. The SMILES string of the molecule is CNC(=O)[C@@H](C)N(Cc1ccc(Cl)cc1)C(=O)COc1ccc(Cl)cc1. The van der Waals surface area contributed by atoms with Crippen molar-refractivity contribution >= 4 is 35.0 Å². The van der Waals surface area contributed by atoms with Crippen molar-refractivity contribution in [3.8, 4) is 5.75 Å². The third-order valence-corrected chi connectivity index (χ3v) is 4.36. The number of nitrogens with one attached hydrogen (secondary N) is 1. The zero-order valence-corrected chi connectivity index (χ0v) is 16.1. The summed E-state index contributed by atoms with van der Waals surface area (Å²) in [6, 6.07) is 13.2. The number of likely N-dealkylation sites (N-methyl/N-ethyl adjacent to an activating group) is 1. The Morgan fingerprint density at radius 3 is 2.12 bits per heavy atom. The molecule has 0 aromatic heterocycles. The first kappa shape index (κ1) is 20.1. The molecule has 0 aliphatic carbocycles. The summed E-state index contributed by atoms with van der Waals surface area (Å²) in [5, 5.41) is 3.76. The number of hydrogen-bond acceptors (Lipinski definition) is 3. The van der Waals surface area contributed by atoms with Crippen LogP contribution in [-0.4, -0.2) is 36.4 Å². The molecule has 1 N–H and O–H groups in total. The van der Waals surface area contributed by atoms with Gasteiger partial charge in [-0.2, -0.15) is 0 Å². The van der Waals surface area contributed by atoms with Crippen LogP contribution in [0.4, 0.5) is 0 Å². The number of nitrogens with zero attached hydrogens (tertiary/aromatic N) is 1. The van der Waals surface area contributed by atoms with E-state index in [1.165, 1.54) is 11.9 Å². The van der Waals surface area contributed by atoms with E-state index in [9.17, 15) is 9.59 Å². The van der Waals surface area contributed by atoms with Crippen LogP contribution in [0.15, 0.2) is 48.5 Å². The van der Waals surface area contributed by atoms with Crippen LogP contribution in [0, 0.1) is 0 Å². The summed E-state index contributed by atoms with van der Waals surface area (Å²) in [5.41, 5.74) is 0.866. The van der Waals surface area contributed by atoms with Crippen molar-refractivity contribution in [2.24, 2.45) is 0 Å². The Kier molecular flexibility index (Phi) is 7.30. The molecule has 1 atom stereocenters. The highest BCUT2D eigenvalue weighted by Crippen LogP contribution is 2.17. The van der Waals surface area contributed by atoms with Crippen LogP contribution in [0.25, 0.3) is 0 Å². The maximum atomic E-state index is 12.7. The van der Waals surface area contributed by atoms with Crippen molar-refractivity contribution in [1.82, 2.24) is 10.2 Å². The first-order chi connectivity index (χ1) is 12.4. The van der Waals surface area contributed by atoms with Crippen molar-refractivity contribution in [2.75, 3.05) is 13.7 Å². The minimum absolute atomic E-state index is 0.184. The van der Waals surface area contributed by atoms with Crippen LogP contribution < -0.4 is 10.1 Å². The van der Waals surface area contributed by atoms with Gasteiger partial charge in [-0.25, -0.2) is 0 Å². The number of benzene rings is 2. The number of amides is 2. The predicted octanol–water partition coefficient (Wildman–Crippen LogP) is 3.54. The van der Waals surface area contributed by atoms with Crippen molar-refractivity contribution in [1.29, 1.82) is 0 Å². The number of halogens is 2. The van der Waals surface area contributed by atoms with Gasteiger partial charge in [0, 0.05) is 23.6 Å².